The van der Waals surface area contributed by atoms with Crippen molar-refractivity contribution in [2.75, 3.05) is 25.1 Å². The lowest BCUT2D eigenvalue weighted by Crippen LogP contribution is -2.54. The number of halogens is 1. The van der Waals surface area contributed by atoms with Gasteiger partial charge < -0.3 is 25.4 Å². The van der Waals surface area contributed by atoms with Crippen LogP contribution in [0.1, 0.15) is 31.7 Å². The van der Waals surface area contributed by atoms with Crippen LogP contribution in [0, 0.1) is 11.8 Å². The molecule has 0 saturated carbocycles. The fraction of sp³-hybridized carbons (Fsp3) is 0.483. The van der Waals surface area contributed by atoms with Crippen LogP contribution in [0.4, 0.5) is 5.69 Å². The van der Waals surface area contributed by atoms with E-state index >= 15 is 0 Å². The lowest BCUT2D eigenvalue weighted by molar-refractivity contribution is -0.139. The number of likely N-dealkylation sites (tertiary alicyclic amines) is 1. The summed E-state index contributed by atoms with van der Waals surface area (Å²) in [4.78, 5) is 43.2. The molecule has 39 heavy (non-hydrogen) atoms. The van der Waals surface area contributed by atoms with Crippen LogP contribution in [0.2, 0.25) is 0 Å². The zero-order chi connectivity index (χ0) is 27.6. The second kappa shape index (κ2) is 11.9. The number of alkyl halides is 1. The molecule has 2 aromatic carbocycles. The Morgan fingerprint density at radius 3 is 2.56 bits per heavy atom. The number of ether oxygens (including phenoxy) is 1. The summed E-state index contributed by atoms with van der Waals surface area (Å²) in [5, 5.41) is 15.3. The number of nitrogens with zero attached hydrogens (tertiary/aromatic N) is 1. The number of thioether (sulfide) groups is 1. The predicted molar refractivity (Wildman–Crippen MR) is 155 cm³/mol. The van der Waals surface area contributed by atoms with Crippen LogP contribution in [0.15, 0.2) is 54.6 Å². The number of rotatable bonds is 11. The van der Waals surface area contributed by atoms with E-state index in [2.05, 4.69) is 26.6 Å². The minimum absolute atomic E-state index is 0.00412. The molecular weight excluding hydrogens is 582 g/mol. The molecule has 3 unspecified atom stereocenters. The maximum absolute atomic E-state index is 14.0. The summed E-state index contributed by atoms with van der Waals surface area (Å²) in [5.74, 6) is -0.987. The van der Waals surface area contributed by atoms with Gasteiger partial charge in [-0.25, -0.2) is 0 Å². The number of carbonyl (C=O) groups excluding carboxylic acids is 3. The van der Waals surface area contributed by atoms with Gasteiger partial charge in [-0.05, 0) is 56.0 Å². The van der Waals surface area contributed by atoms with Crippen LogP contribution in [0.25, 0.3) is 0 Å². The number of fused-ring (bicyclic) bond motifs is 1. The largest absolute Gasteiger partial charge is 0.494 e. The van der Waals surface area contributed by atoms with Crippen LogP contribution >= 0.6 is 27.7 Å². The third kappa shape index (κ3) is 5.30. The van der Waals surface area contributed by atoms with Crippen molar-refractivity contribution >= 4 is 51.1 Å². The van der Waals surface area contributed by atoms with Crippen LogP contribution < -0.4 is 15.4 Å². The Labute approximate surface area is 241 Å². The molecule has 3 aliphatic heterocycles. The SMILES string of the molecule is CCOc1ccc(NC(=O)[C@H]2[C@@H]3SC4(CC3Br)C(C(=O)NCc3ccccc3)N(CCCCO)C(=O)[C@H]24)cc1. The highest BCUT2D eigenvalue weighted by Crippen LogP contribution is 2.67. The number of benzene rings is 2. The third-order valence-corrected chi connectivity index (χ3v) is 11.1. The summed E-state index contributed by atoms with van der Waals surface area (Å²) in [6, 6.07) is 16.2. The number of carbonyl (C=O) groups is 3. The van der Waals surface area contributed by atoms with E-state index in [0.717, 1.165) is 11.3 Å². The summed E-state index contributed by atoms with van der Waals surface area (Å²) in [5.41, 5.74) is 1.62. The van der Waals surface area contributed by atoms with Gasteiger partial charge in [-0.15, -0.1) is 11.8 Å². The number of nitrogens with one attached hydrogen (secondary N) is 2. The van der Waals surface area contributed by atoms with Gasteiger partial charge in [0.15, 0.2) is 0 Å². The quantitative estimate of drug-likeness (QED) is 0.263. The van der Waals surface area contributed by atoms with E-state index in [9.17, 15) is 19.5 Å². The molecule has 3 saturated heterocycles. The summed E-state index contributed by atoms with van der Waals surface area (Å²) >= 11 is 5.41. The van der Waals surface area contributed by atoms with Crippen molar-refractivity contribution in [2.24, 2.45) is 11.8 Å². The molecule has 3 fully saturated rings. The highest BCUT2D eigenvalue weighted by molar-refractivity contribution is 9.09. The fourth-order valence-electron chi connectivity index (χ4n) is 6.27. The van der Waals surface area contributed by atoms with E-state index in [0.29, 0.717) is 44.6 Å². The number of amides is 3. The number of anilines is 1. The van der Waals surface area contributed by atoms with E-state index in [4.69, 9.17) is 4.74 Å². The fourth-order valence-corrected chi connectivity index (χ4v) is 9.89. The maximum atomic E-state index is 14.0. The monoisotopic (exact) mass is 615 g/mol. The average molecular weight is 617 g/mol. The lowest BCUT2D eigenvalue weighted by atomic mass is 9.70. The van der Waals surface area contributed by atoms with Gasteiger partial charge in [0.05, 0.1) is 23.2 Å². The van der Waals surface area contributed by atoms with Crippen LogP contribution in [-0.2, 0) is 20.9 Å². The molecule has 3 heterocycles. The smallest absolute Gasteiger partial charge is 0.244 e. The summed E-state index contributed by atoms with van der Waals surface area (Å²) < 4.78 is 4.80. The second-order valence-corrected chi connectivity index (χ2v) is 13.0. The standard InChI is InChI=1S/C29H34BrN3O5S/c1-2-38-20-12-10-19(11-13-20)32-26(35)22-23-28(37)33(14-6-7-15-34)25(29(23)16-21(30)24(22)39-29)27(36)31-17-18-8-4-3-5-9-18/h3-5,8-13,21-25,34H,2,6-7,14-17H2,1H3,(H,31,36)(H,32,35)/t21?,22-,23+,24-,25?,29?/m1/s1. The van der Waals surface area contributed by atoms with Crippen molar-refractivity contribution in [1.29, 1.82) is 0 Å². The first-order chi connectivity index (χ1) is 18.9. The van der Waals surface area contributed by atoms with Crippen LogP contribution in [-0.4, -0.2) is 68.4 Å². The molecule has 6 atom stereocenters. The Morgan fingerprint density at radius 1 is 1.13 bits per heavy atom. The second-order valence-electron chi connectivity index (χ2n) is 10.3. The molecule has 1 spiro atoms. The molecule has 5 rings (SSSR count). The summed E-state index contributed by atoms with van der Waals surface area (Å²) in [6.45, 7) is 3.22. The Balaban J connectivity index is 1.40. The van der Waals surface area contributed by atoms with Crippen LogP contribution in [0.3, 0.4) is 0 Å². The summed E-state index contributed by atoms with van der Waals surface area (Å²) in [7, 11) is 0. The van der Waals surface area contributed by atoms with Crippen molar-refractivity contribution < 1.29 is 24.2 Å². The molecule has 3 aliphatic rings. The van der Waals surface area contributed by atoms with Gasteiger partial charge in [0, 0.05) is 35.5 Å². The van der Waals surface area contributed by atoms with Gasteiger partial charge in [0.25, 0.3) is 0 Å². The first-order valence-electron chi connectivity index (χ1n) is 13.5. The molecule has 3 amide bonds. The Kier molecular flexibility index (Phi) is 8.54. The van der Waals surface area contributed by atoms with Gasteiger partial charge in [0.2, 0.25) is 17.7 Å². The van der Waals surface area contributed by atoms with Gasteiger partial charge in [-0.3, -0.25) is 14.4 Å². The van der Waals surface area contributed by atoms with E-state index in [1.54, 1.807) is 40.9 Å². The number of aliphatic hydroxyl groups is 1. The van der Waals surface area contributed by atoms with E-state index in [-0.39, 0.29) is 34.4 Å². The molecule has 2 aromatic rings. The molecule has 10 heteroatoms. The molecule has 3 N–H and O–H groups in total. The topological polar surface area (TPSA) is 108 Å². The zero-order valence-corrected chi connectivity index (χ0v) is 24.2. The van der Waals surface area contributed by atoms with Crippen molar-refractivity contribution in [3.63, 3.8) is 0 Å². The molecule has 0 radical (unpaired) electrons. The number of hydrogen-bond donors (Lipinski definition) is 3. The zero-order valence-electron chi connectivity index (χ0n) is 21.8. The molecule has 0 aromatic heterocycles. The maximum Gasteiger partial charge on any atom is 0.244 e. The predicted octanol–water partition coefficient (Wildman–Crippen LogP) is 3.58. The van der Waals surface area contributed by atoms with Crippen molar-refractivity contribution in [2.45, 2.75) is 53.6 Å². The Morgan fingerprint density at radius 2 is 1.87 bits per heavy atom. The highest BCUT2D eigenvalue weighted by Gasteiger charge is 2.75. The van der Waals surface area contributed by atoms with E-state index in [1.165, 1.54) is 0 Å². The highest BCUT2D eigenvalue weighted by atomic mass is 79.9. The summed E-state index contributed by atoms with van der Waals surface area (Å²) in [6.07, 6.45) is 1.76. The molecule has 2 bridgehead atoms. The lowest BCUT2D eigenvalue weighted by Gasteiger charge is -2.35. The minimum atomic E-state index is -0.698. The van der Waals surface area contributed by atoms with Gasteiger partial charge in [-0.2, -0.15) is 0 Å². The molecular formula is C29H34BrN3O5S. The Hall–Kier alpha value is -2.56. The average Bonchev–Trinajstić information content (AvgIpc) is 3.53. The van der Waals surface area contributed by atoms with Crippen LogP contribution in [0.5, 0.6) is 5.75 Å². The third-order valence-electron chi connectivity index (χ3n) is 7.89. The normalized spacial score (nSPS) is 28.8. The number of unbranched alkanes of at least 4 members (excludes halogenated alkanes) is 1. The van der Waals surface area contributed by atoms with Gasteiger partial charge >= 0.3 is 0 Å². The van der Waals surface area contributed by atoms with E-state index < -0.39 is 22.6 Å². The molecule has 208 valence electrons. The molecule has 0 aliphatic carbocycles. The minimum Gasteiger partial charge on any atom is -0.494 e. The first kappa shape index (κ1) is 28.0. The van der Waals surface area contributed by atoms with Crippen molar-refractivity contribution in [3.05, 3.63) is 60.2 Å². The number of hydrogen-bond acceptors (Lipinski definition) is 6. The van der Waals surface area contributed by atoms with Gasteiger partial charge in [0.1, 0.15) is 11.8 Å². The number of aliphatic hydroxyl groups excluding tert-OH is 1. The van der Waals surface area contributed by atoms with Gasteiger partial charge in [-0.1, -0.05) is 46.3 Å². The Bertz CT molecular complexity index is 1200. The van der Waals surface area contributed by atoms with Crippen molar-refractivity contribution in [3.8, 4) is 5.75 Å². The first-order valence-corrected chi connectivity index (χ1v) is 15.3. The molecule has 8 nitrogen and oxygen atoms in total. The van der Waals surface area contributed by atoms with Crippen molar-refractivity contribution in [1.82, 2.24) is 10.2 Å². The van der Waals surface area contributed by atoms with E-state index in [1.807, 2.05) is 37.3 Å².